The lowest BCUT2D eigenvalue weighted by molar-refractivity contribution is -0.384. The zero-order valence-electron chi connectivity index (χ0n) is 19.3. The van der Waals surface area contributed by atoms with E-state index in [1.807, 2.05) is 0 Å². The fraction of sp³-hybridized carbons (Fsp3) is 0.375. The number of hydrogen-bond donors (Lipinski definition) is 1. The molecule has 1 heterocycles. The van der Waals surface area contributed by atoms with Gasteiger partial charge in [0, 0.05) is 28.0 Å². The highest BCUT2D eigenvalue weighted by molar-refractivity contribution is 8.13. The standard InChI is InChI=1S/C24H25ClN2O7S/c1-14(23(30)35-18-10-6-16(25)7-11-18)21-20(24(2,3)31)22(29)26(21)12-19(28)34-13-15-4-8-17(9-5-15)27(32)33/h4-11,14,20-21,31H,12-13H2,1-3H3/t14-,20-,21-/m1/s1. The van der Waals surface area contributed by atoms with Crippen LogP contribution in [0.1, 0.15) is 26.3 Å². The van der Waals surface area contributed by atoms with E-state index >= 15 is 0 Å². The Balaban J connectivity index is 1.66. The molecule has 0 unspecified atom stereocenters. The van der Waals surface area contributed by atoms with Gasteiger partial charge in [-0.2, -0.15) is 0 Å². The van der Waals surface area contributed by atoms with Crippen molar-refractivity contribution >= 4 is 46.0 Å². The van der Waals surface area contributed by atoms with E-state index in [4.69, 9.17) is 16.3 Å². The minimum Gasteiger partial charge on any atom is -0.459 e. The summed E-state index contributed by atoms with van der Waals surface area (Å²) >= 11 is 6.90. The van der Waals surface area contributed by atoms with Gasteiger partial charge in [-0.1, -0.05) is 30.3 Å². The molecule has 9 nitrogen and oxygen atoms in total. The molecule has 11 heteroatoms. The molecular formula is C24H25ClN2O7S. The van der Waals surface area contributed by atoms with Crippen LogP contribution in [0.4, 0.5) is 5.69 Å². The van der Waals surface area contributed by atoms with Crippen LogP contribution in [0.3, 0.4) is 0 Å². The van der Waals surface area contributed by atoms with Gasteiger partial charge in [0.15, 0.2) is 5.12 Å². The number of non-ortho nitro benzene ring substituents is 1. The summed E-state index contributed by atoms with van der Waals surface area (Å²) in [7, 11) is 0. The van der Waals surface area contributed by atoms with Gasteiger partial charge in [-0.15, -0.1) is 0 Å². The molecule has 1 aliphatic heterocycles. The average molecular weight is 521 g/mol. The normalized spacial score (nSPS) is 18.5. The van der Waals surface area contributed by atoms with E-state index in [0.717, 1.165) is 11.8 Å². The number of thioether (sulfide) groups is 1. The number of aliphatic hydroxyl groups is 1. The summed E-state index contributed by atoms with van der Waals surface area (Å²) in [6, 6.07) is 11.6. The van der Waals surface area contributed by atoms with E-state index in [1.54, 1.807) is 31.2 Å². The van der Waals surface area contributed by atoms with E-state index in [-0.39, 0.29) is 24.0 Å². The zero-order valence-corrected chi connectivity index (χ0v) is 20.9. The van der Waals surface area contributed by atoms with Gasteiger partial charge in [0.05, 0.1) is 22.5 Å². The minimum absolute atomic E-state index is 0.0816. The number of ether oxygens (including phenoxy) is 1. The number of β-lactam (4-membered cyclic amide) rings is 1. The molecule has 2 aromatic carbocycles. The highest BCUT2D eigenvalue weighted by atomic mass is 35.5. The molecule has 1 aliphatic rings. The smallest absolute Gasteiger partial charge is 0.325 e. The molecule has 0 saturated carbocycles. The van der Waals surface area contributed by atoms with Gasteiger partial charge in [-0.25, -0.2) is 0 Å². The lowest BCUT2D eigenvalue weighted by Gasteiger charge is -2.53. The van der Waals surface area contributed by atoms with Crippen molar-refractivity contribution in [2.24, 2.45) is 11.8 Å². The second-order valence-electron chi connectivity index (χ2n) is 8.84. The summed E-state index contributed by atoms with van der Waals surface area (Å²) in [6.07, 6.45) is 0. The molecule has 1 amide bonds. The maximum Gasteiger partial charge on any atom is 0.325 e. The Labute approximate surface area is 211 Å². The SMILES string of the molecule is C[C@@H](C(=O)Sc1ccc(Cl)cc1)[C@@H]1[C@@H](C(C)(C)O)C(=O)N1CC(=O)OCc1ccc([N+](=O)[O-])cc1. The number of amides is 1. The molecule has 186 valence electrons. The lowest BCUT2D eigenvalue weighted by atomic mass is 9.71. The van der Waals surface area contributed by atoms with Crippen molar-refractivity contribution in [3.63, 3.8) is 0 Å². The number of carbonyl (C=O) groups is 3. The van der Waals surface area contributed by atoms with Gasteiger partial charge < -0.3 is 14.7 Å². The van der Waals surface area contributed by atoms with Crippen LogP contribution < -0.4 is 0 Å². The van der Waals surface area contributed by atoms with Crippen molar-refractivity contribution < 1.29 is 29.2 Å². The van der Waals surface area contributed by atoms with Crippen LogP contribution in [0.15, 0.2) is 53.4 Å². The summed E-state index contributed by atoms with van der Waals surface area (Å²) in [6.45, 7) is 4.15. The van der Waals surface area contributed by atoms with Crippen molar-refractivity contribution in [2.45, 2.75) is 43.9 Å². The molecule has 2 aromatic rings. The van der Waals surface area contributed by atoms with Gasteiger partial charge in [-0.05, 0) is 55.8 Å². The highest BCUT2D eigenvalue weighted by Gasteiger charge is 2.57. The van der Waals surface area contributed by atoms with E-state index in [2.05, 4.69) is 0 Å². The molecular weight excluding hydrogens is 496 g/mol. The first-order valence-electron chi connectivity index (χ1n) is 10.8. The van der Waals surface area contributed by atoms with Crippen molar-refractivity contribution in [2.75, 3.05) is 6.54 Å². The van der Waals surface area contributed by atoms with Gasteiger partial charge in [0.2, 0.25) is 5.91 Å². The minimum atomic E-state index is -1.39. The number of esters is 1. The Kier molecular flexibility index (Phi) is 8.19. The van der Waals surface area contributed by atoms with Crippen LogP contribution in [0.25, 0.3) is 0 Å². The Hall–Kier alpha value is -2.95. The summed E-state index contributed by atoms with van der Waals surface area (Å²) < 4.78 is 5.23. The number of hydrogen-bond acceptors (Lipinski definition) is 8. The maximum atomic E-state index is 13.0. The van der Waals surface area contributed by atoms with Gasteiger partial charge in [0.1, 0.15) is 13.2 Å². The zero-order chi connectivity index (χ0) is 25.9. The van der Waals surface area contributed by atoms with Crippen LogP contribution >= 0.6 is 23.4 Å². The third-order valence-electron chi connectivity index (χ3n) is 5.77. The summed E-state index contributed by atoms with van der Waals surface area (Å²) in [5.74, 6) is -2.66. The van der Waals surface area contributed by atoms with Gasteiger partial charge in [-0.3, -0.25) is 24.5 Å². The Bertz CT molecular complexity index is 1120. The predicted octanol–water partition coefficient (Wildman–Crippen LogP) is 3.84. The number of benzene rings is 2. The molecule has 0 spiro atoms. The second kappa shape index (κ2) is 10.8. The number of nitro benzene ring substituents is 1. The molecule has 0 aliphatic carbocycles. The van der Waals surface area contributed by atoms with Gasteiger partial charge in [0.25, 0.3) is 5.69 Å². The first kappa shape index (κ1) is 26.7. The first-order valence-corrected chi connectivity index (χ1v) is 12.0. The maximum absolute atomic E-state index is 13.0. The Morgan fingerprint density at radius 2 is 1.80 bits per heavy atom. The molecule has 1 fully saturated rings. The average Bonchev–Trinajstić information content (AvgIpc) is 2.79. The van der Waals surface area contributed by atoms with Crippen molar-refractivity contribution in [3.05, 3.63) is 69.2 Å². The molecule has 0 radical (unpaired) electrons. The second-order valence-corrected chi connectivity index (χ2v) is 10.4. The topological polar surface area (TPSA) is 127 Å². The number of carbonyl (C=O) groups excluding carboxylic acids is 3. The molecule has 1 N–H and O–H groups in total. The van der Waals surface area contributed by atoms with E-state index in [9.17, 15) is 29.6 Å². The third kappa shape index (κ3) is 6.39. The number of nitro groups is 1. The fourth-order valence-electron chi connectivity index (χ4n) is 3.95. The van der Waals surface area contributed by atoms with Crippen LogP contribution in [0.5, 0.6) is 0 Å². The lowest BCUT2D eigenvalue weighted by Crippen LogP contribution is -2.70. The summed E-state index contributed by atoms with van der Waals surface area (Å²) in [5, 5.41) is 21.6. The van der Waals surface area contributed by atoms with E-state index in [0.29, 0.717) is 15.5 Å². The molecule has 3 atom stereocenters. The first-order chi connectivity index (χ1) is 16.4. The number of likely N-dealkylation sites (tertiary alicyclic amines) is 1. The van der Waals surface area contributed by atoms with Crippen molar-refractivity contribution in [1.82, 2.24) is 4.90 Å². The predicted molar refractivity (Wildman–Crippen MR) is 130 cm³/mol. The van der Waals surface area contributed by atoms with Crippen LogP contribution in [0.2, 0.25) is 5.02 Å². The van der Waals surface area contributed by atoms with Crippen LogP contribution in [-0.2, 0) is 25.7 Å². The quantitative estimate of drug-likeness (QED) is 0.174. The van der Waals surface area contributed by atoms with E-state index in [1.165, 1.54) is 43.0 Å². The van der Waals surface area contributed by atoms with Crippen LogP contribution in [0, 0.1) is 22.0 Å². The Morgan fingerprint density at radius 1 is 1.20 bits per heavy atom. The largest absolute Gasteiger partial charge is 0.459 e. The molecule has 0 aromatic heterocycles. The van der Waals surface area contributed by atoms with E-state index < -0.39 is 40.3 Å². The van der Waals surface area contributed by atoms with Crippen molar-refractivity contribution in [3.8, 4) is 0 Å². The number of nitrogens with zero attached hydrogens (tertiary/aromatic N) is 2. The fourth-order valence-corrected chi connectivity index (χ4v) is 4.90. The van der Waals surface area contributed by atoms with Crippen LogP contribution in [-0.4, -0.2) is 50.1 Å². The molecule has 35 heavy (non-hydrogen) atoms. The highest BCUT2D eigenvalue weighted by Crippen LogP contribution is 2.41. The number of rotatable bonds is 9. The Morgan fingerprint density at radius 3 is 2.34 bits per heavy atom. The molecule has 1 saturated heterocycles. The summed E-state index contributed by atoms with van der Waals surface area (Å²) in [5.41, 5.74) is -0.921. The summed E-state index contributed by atoms with van der Waals surface area (Å²) in [4.78, 5) is 50.4. The van der Waals surface area contributed by atoms with Gasteiger partial charge >= 0.3 is 5.97 Å². The monoisotopic (exact) mass is 520 g/mol. The molecule has 3 rings (SSSR count). The van der Waals surface area contributed by atoms with Crippen molar-refractivity contribution in [1.29, 1.82) is 0 Å². The molecule has 0 bridgehead atoms. The third-order valence-corrected chi connectivity index (χ3v) is 7.11. The number of halogens is 1.